The number of rotatable bonds is 3. The van der Waals surface area contributed by atoms with Gasteiger partial charge in [0.1, 0.15) is 5.82 Å². The van der Waals surface area contributed by atoms with Crippen molar-refractivity contribution in [2.24, 2.45) is 11.1 Å². The van der Waals surface area contributed by atoms with E-state index in [1.54, 1.807) is 12.3 Å². The van der Waals surface area contributed by atoms with E-state index in [1.165, 1.54) is 0 Å². The van der Waals surface area contributed by atoms with E-state index in [1.807, 2.05) is 6.07 Å². The highest BCUT2D eigenvalue weighted by atomic mass is 79.9. The van der Waals surface area contributed by atoms with Gasteiger partial charge in [-0.05, 0) is 40.9 Å². The zero-order valence-corrected chi connectivity index (χ0v) is 11.6. The maximum atomic E-state index is 12.3. The summed E-state index contributed by atoms with van der Waals surface area (Å²) in [5, 5.41) is 2.82. The number of hydrogen-bond donors (Lipinski definition) is 2. The van der Waals surface area contributed by atoms with Crippen molar-refractivity contribution in [2.75, 3.05) is 25.1 Å². The molecule has 0 spiro atoms. The number of ether oxygens (including phenoxy) is 1. The molecule has 2 heterocycles. The molecule has 0 aromatic carbocycles. The van der Waals surface area contributed by atoms with Crippen LogP contribution in [0.4, 0.5) is 5.82 Å². The molecular weight excluding hydrogens is 298 g/mol. The van der Waals surface area contributed by atoms with Gasteiger partial charge < -0.3 is 15.8 Å². The molecule has 18 heavy (non-hydrogen) atoms. The Morgan fingerprint density at radius 2 is 2.22 bits per heavy atom. The fourth-order valence-electron chi connectivity index (χ4n) is 1.98. The van der Waals surface area contributed by atoms with E-state index >= 15 is 0 Å². The molecule has 5 nitrogen and oxygen atoms in total. The average Bonchev–Trinajstić information content (AvgIpc) is 2.42. The third-order valence-electron chi connectivity index (χ3n) is 3.29. The molecule has 98 valence electrons. The van der Waals surface area contributed by atoms with Gasteiger partial charge in [-0.1, -0.05) is 0 Å². The monoisotopic (exact) mass is 313 g/mol. The Hall–Kier alpha value is -0.980. The van der Waals surface area contributed by atoms with Crippen LogP contribution in [0.15, 0.2) is 22.8 Å². The van der Waals surface area contributed by atoms with Gasteiger partial charge in [-0.3, -0.25) is 4.79 Å². The number of nitrogens with one attached hydrogen (secondary N) is 1. The molecule has 2 rings (SSSR count). The van der Waals surface area contributed by atoms with Crippen molar-refractivity contribution in [3.8, 4) is 0 Å². The molecule has 1 aromatic rings. The van der Waals surface area contributed by atoms with Crippen LogP contribution in [0.5, 0.6) is 0 Å². The number of anilines is 1. The number of amides is 1. The quantitative estimate of drug-likeness (QED) is 0.887. The van der Waals surface area contributed by atoms with Crippen LogP contribution in [0.25, 0.3) is 0 Å². The van der Waals surface area contributed by atoms with E-state index in [0.29, 0.717) is 38.4 Å². The minimum absolute atomic E-state index is 0.0666. The first-order chi connectivity index (χ1) is 8.66. The van der Waals surface area contributed by atoms with Crippen molar-refractivity contribution in [3.63, 3.8) is 0 Å². The fraction of sp³-hybridized carbons (Fsp3) is 0.500. The Labute approximate surface area is 114 Å². The summed E-state index contributed by atoms with van der Waals surface area (Å²) < 4.78 is 6.16. The zero-order chi connectivity index (χ0) is 13.0. The third kappa shape index (κ3) is 2.88. The molecule has 1 amide bonds. The average molecular weight is 314 g/mol. The van der Waals surface area contributed by atoms with Crippen molar-refractivity contribution in [1.29, 1.82) is 0 Å². The lowest BCUT2D eigenvalue weighted by Gasteiger charge is -2.34. The molecule has 1 aromatic heterocycles. The lowest BCUT2D eigenvalue weighted by Crippen LogP contribution is -2.46. The number of carbonyl (C=O) groups is 1. The number of aromatic nitrogens is 1. The second kappa shape index (κ2) is 5.77. The predicted octanol–water partition coefficient (Wildman–Crippen LogP) is 1.54. The standard InChI is InChI=1S/C12H16BrN3O2/c13-9-1-2-10(15-7-9)16-11(17)12(8-14)3-5-18-6-4-12/h1-2,7H,3-6,8,14H2,(H,15,16,17). The molecule has 0 unspecified atom stereocenters. The summed E-state index contributed by atoms with van der Waals surface area (Å²) >= 11 is 3.30. The lowest BCUT2D eigenvalue weighted by atomic mass is 9.79. The van der Waals surface area contributed by atoms with Crippen molar-refractivity contribution in [1.82, 2.24) is 4.98 Å². The second-order valence-corrected chi connectivity index (χ2v) is 5.33. The first-order valence-corrected chi connectivity index (χ1v) is 6.66. The van der Waals surface area contributed by atoms with E-state index in [0.717, 1.165) is 4.47 Å². The number of nitrogens with two attached hydrogens (primary N) is 1. The van der Waals surface area contributed by atoms with E-state index in [9.17, 15) is 4.79 Å². The van der Waals surface area contributed by atoms with Crippen molar-refractivity contribution < 1.29 is 9.53 Å². The maximum absolute atomic E-state index is 12.3. The van der Waals surface area contributed by atoms with Gasteiger partial charge in [0.25, 0.3) is 0 Å². The Morgan fingerprint density at radius 1 is 1.50 bits per heavy atom. The van der Waals surface area contributed by atoms with Crippen molar-refractivity contribution in [3.05, 3.63) is 22.8 Å². The van der Waals surface area contributed by atoms with E-state index in [-0.39, 0.29) is 5.91 Å². The maximum Gasteiger partial charge on any atom is 0.233 e. The number of halogens is 1. The van der Waals surface area contributed by atoms with Crippen LogP contribution in [-0.4, -0.2) is 30.6 Å². The summed E-state index contributed by atoms with van der Waals surface area (Å²) in [6.45, 7) is 1.50. The molecule has 3 N–H and O–H groups in total. The van der Waals surface area contributed by atoms with Crippen LogP contribution in [0, 0.1) is 5.41 Å². The Morgan fingerprint density at radius 3 is 2.78 bits per heavy atom. The molecule has 0 atom stereocenters. The topological polar surface area (TPSA) is 77.2 Å². The third-order valence-corrected chi connectivity index (χ3v) is 3.76. The lowest BCUT2D eigenvalue weighted by molar-refractivity contribution is -0.130. The summed E-state index contributed by atoms with van der Waals surface area (Å²) in [6, 6.07) is 3.59. The van der Waals surface area contributed by atoms with Crippen LogP contribution >= 0.6 is 15.9 Å². The van der Waals surface area contributed by atoms with Gasteiger partial charge in [0.05, 0.1) is 5.41 Å². The van der Waals surface area contributed by atoms with Gasteiger partial charge in [0, 0.05) is 30.4 Å². The summed E-state index contributed by atoms with van der Waals surface area (Å²) in [4.78, 5) is 16.4. The van der Waals surface area contributed by atoms with Crippen LogP contribution in [-0.2, 0) is 9.53 Å². The molecule has 1 saturated heterocycles. The van der Waals surface area contributed by atoms with Gasteiger partial charge in [-0.15, -0.1) is 0 Å². The molecular formula is C12H16BrN3O2. The number of carbonyl (C=O) groups excluding carboxylic acids is 1. The molecule has 1 aliphatic heterocycles. The Balaban J connectivity index is 2.07. The van der Waals surface area contributed by atoms with Gasteiger partial charge in [-0.25, -0.2) is 4.98 Å². The summed E-state index contributed by atoms with van der Waals surface area (Å²) in [6.07, 6.45) is 2.96. The van der Waals surface area contributed by atoms with Crippen LogP contribution in [0.3, 0.4) is 0 Å². The first-order valence-electron chi connectivity index (χ1n) is 5.87. The first kappa shape index (κ1) is 13.5. The largest absolute Gasteiger partial charge is 0.381 e. The van der Waals surface area contributed by atoms with Gasteiger partial charge in [0.15, 0.2) is 0 Å². The zero-order valence-electron chi connectivity index (χ0n) is 9.99. The van der Waals surface area contributed by atoms with Crippen LogP contribution < -0.4 is 11.1 Å². The Kier molecular flexibility index (Phi) is 4.31. The minimum Gasteiger partial charge on any atom is -0.381 e. The summed E-state index contributed by atoms with van der Waals surface area (Å²) in [5.74, 6) is 0.477. The van der Waals surface area contributed by atoms with E-state index in [4.69, 9.17) is 10.5 Å². The van der Waals surface area contributed by atoms with E-state index in [2.05, 4.69) is 26.2 Å². The smallest absolute Gasteiger partial charge is 0.233 e. The highest BCUT2D eigenvalue weighted by molar-refractivity contribution is 9.10. The number of pyridine rings is 1. The molecule has 6 heteroatoms. The molecule has 0 bridgehead atoms. The van der Waals surface area contributed by atoms with Crippen molar-refractivity contribution in [2.45, 2.75) is 12.8 Å². The number of hydrogen-bond acceptors (Lipinski definition) is 4. The molecule has 1 aliphatic rings. The normalized spacial score (nSPS) is 18.3. The highest BCUT2D eigenvalue weighted by Crippen LogP contribution is 2.30. The predicted molar refractivity (Wildman–Crippen MR) is 72.1 cm³/mol. The second-order valence-electron chi connectivity index (χ2n) is 4.41. The molecule has 0 radical (unpaired) electrons. The highest BCUT2D eigenvalue weighted by Gasteiger charge is 2.38. The Bertz CT molecular complexity index is 416. The van der Waals surface area contributed by atoms with Crippen molar-refractivity contribution >= 4 is 27.7 Å². The van der Waals surface area contributed by atoms with Gasteiger partial charge in [-0.2, -0.15) is 0 Å². The summed E-state index contributed by atoms with van der Waals surface area (Å²) in [7, 11) is 0. The summed E-state index contributed by atoms with van der Waals surface area (Å²) in [5.41, 5.74) is 5.25. The van der Waals surface area contributed by atoms with Crippen LogP contribution in [0.1, 0.15) is 12.8 Å². The molecule has 0 saturated carbocycles. The van der Waals surface area contributed by atoms with Crippen LogP contribution in [0.2, 0.25) is 0 Å². The van der Waals surface area contributed by atoms with Gasteiger partial charge in [0.2, 0.25) is 5.91 Å². The van der Waals surface area contributed by atoms with Gasteiger partial charge >= 0.3 is 0 Å². The number of nitrogens with zero attached hydrogens (tertiary/aromatic N) is 1. The SMILES string of the molecule is NCC1(C(=O)Nc2ccc(Br)cn2)CCOCC1. The fourth-order valence-corrected chi connectivity index (χ4v) is 2.22. The van der Waals surface area contributed by atoms with E-state index < -0.39 is 5.41 Å². The molecule has 1 fully saturated rings. The molecule has 0 aliphatic carbocycles. The minimum atomic E-state index is -0.521.